The lowest BCUT2D eigenvalue weighted by Gasteiger charge is -2.12. The van der Waals surface area contributed by atoms with Crippen LogP contribution in [0.1, 0.15) is 0 Å². The first-order valence-electron chi connectivity index (χ1n) is 11.3. The van der Waals surface area contributed by atoms with Crippen molar-refractivity contribution in [3.8, 4) is 22.1 Å². The van der Waals surface area contributed by atoms with Crippen molar-refractivity contribution in [3.63, 3.8) is 0 Å². The maximum Gasteiger partial charge on any atom is 0.346 e. The molecule has 0 spiro atoms. The number of hydrogen-bond acceptors (Lipinski definition) is 9. The summed E-state index contributed by atoms with van der Waals surface area (Å²) in [4.78, 5) is 23.1. The number of rotatable bonds is 6. The molecule has 192 valence electrons. The average molecular weight is 577 g/mol. The molecule has 39 heavy (non-hydrogen) atoms. The van der Waals surface area contributed by atoms with E-state index in [4.69, 9.17) is 32.4 Å². The van der Waals surface area contributed by atoms with E-state index >= 15 is 0 Å². The highest BCUT2D eigenvalue weighted by atomic mass is 35.5. The van der Waals surface area contributed by atoms with Crippen LogP contribution in [0, 0.1) is 10.1 Å². The van der Waals surface area contributed by atoms with Gasteiger partial charge in [-0.05, 0) is 41.8 Å². The summed E-state index contributed by atoms with van der Waals surface area (Å²) in [5, 5.41) is 26.2. The topological polar surface area (TPSA) is 120 Å². The highest BCUT2D eigenvalue weighted by molar-refractivity contribution is 7.18. The Morgan fingerprint density at radius 3 is 2.56 bits per heavy atom. The molecule has 6 rings (SSSR count). The third-order valence-corrected chi connectivity index (χ3v) is 7.37. The lowest BCUT2D eigenvalue weighted by atomic mass is 10.1. The summed E-state index contributed by atoms with van der Waals surface area (Å²) in [6, 6.07) is 22.0. The van der Waals surface area contributed by atoms with E-state index in [1.807, 2.05) is 30.3 Å². The van der Waals surface area contributed by atoms with Crippen molar-refractivity contribution in [2.24, 2.45) is 0 Å². The van der Waals surface area contributed by atoms with E-state index in [1.54, 1.807) is 24.3 Å². The Morgan fingerprint density at radius 1 is 0.923 bits per heavy atom. The van der Waals surface area contributed by atoms with Crippen molar-refractivity contribution in [1.82, 2.24) is 10.2 Å². The molecule has 0 aliphatic heterocycles. The maximum absolute atomic E-state index is 12.5. The number of hydrogen-bond donors (Lipinski definition) is 1. The molecule has 0 bridgehead atoms. The van der Waals surface area contributed by atoms with Crippen molar-refractivity contribution in [2.75, 3.05) is 5.32 Å². The zero-order valence-corrected chi connectivity index (χ0v) is 21.9. The van der Waals surface area contributed by atoms with E-state index in [0.29, 0.717) is 37.7 Å². The third-order valence-electron chi connectivity index (χ3n) is 5.81. The molecule has 2 aromatic heterocycles. The molecule has 2 heterocycles. The fourth-order valence-corrected chi connectivity index (χ4v) is 5.21. The van der Waals surface area contributed by atoms with E-state index in [-0.39, 0.29) is 21.8 Å². The molecule has 0 fully saturated rings. The van der Waals surface area contributed by atoms with Gasteiger partial charge < -0.3 is 14.5 Å². The van der Waals surface area contributed by atoms with Gasteiger partial charge in [-0.2, -0.15) is 0 Å². The Labute approximate surface area is 233 Å². The van der Waals surface area contributed by atoms with Crippen LogP contribution in [0.25, 0.3) is 32.3 Å². The van der Waals surface area contributed by atoms with Gasteiger partial charge in [0, 0.05) is 28.6 Å². The summed E-state index contributed by atoms with van der Waals surface area (Å²) >= 11 is 14.1. The summed E-state index contributed by atoms with van der Waals surface area (Å²) in [7, 11) is 0. The van der Waals surface area contributed by atoms with Crippen molar-refractivity contribution < 1.29 is 14.1 Å². The van der Waals surface area contributed by atoms with Gasteiger partial charge in [-0.25, -0.2) is 4.79 Å². The molecule has 0 aliphatic carbocycles. The zero-order valence-electron chi connectivity index (χ0n) is 19.6. The van der Waals surface area contributed by atoms with Gasteiger partial charge in [0.25, 0.3) is 5.69 Å². The summed E-state index contributed by atoms with van der Waals surface area (Å²) in [5.41, 5.74) is 0.243. The first-order valence-corrected chi connectivity index (χ1v) is 12.9. The molecular formula is C27H14Cl2N4O5S. The molecule has 0 radical (unpaired) electrons. The van der Waals surface area contributed by atoms with E-state index in [0.717, 1.165) is 22.1 Å². The Balaban J connectivity index is 1.23. The number of ether oxygens (including phenoxy) is 1. The Bertz CT molecular complexity index is 1970. The normalized spacial score (nSPS) is 11.1. The minimum atomic E-state index is -0.629. The van der Waals surface area contributed by atoms with Crippen molar-refractivity contribution in [2.45, 2.75) is 0 Å². The maximum atomic E-state index is 12.5. The predicted molar refractivity (Wildman–Crippen MR) is 152 cm³/mol. The van der Waals surface area contributed by atoms with Gasteiger partial charge in [0.1, 0.15) is 17.1 Å². The lowest BCUT2D eigenvalue weighted by molar-refractivity contribution is -0.384. The molecule has 0 atom stereocenters. The van der Waals surface area contributed by atoms with Crippen LogP contribution in [-0.2, 0) is 0 Å². The zero-order chi connectivity index (χ0) is 27.1. The number of aromatic nitrogens is 2. The van der Waals surface area contributed by atoms with Gasteiger partial charge >= 0.3 is 5.63 Å². The Morgan fingerprint density at radius 2 is 1.74 bits per heavy atom. The number of nitro benzene ring substituents is 1. The van der Waals surface area contributed by atoms with Gasteiger partial charge in [-0.15, -0.1) is 10.2 Å². The van der Waals surface area contributed by atoms with Crippen molar-refractivity contribution in [3.05, 3.63) is 109 Å². The van der Waals surface area contributed by atoms with Crippen LogP contribution >= 0.6 is 34.5 Å². The van der Waals surface area contributed by atoms with E-state index in [9.17, 15) is 14.9 Å². The number of nitrogens with zero attached hydrogens (tertiary/aromatic N) is 3. The molecule has 9 nitrogen and oxygen atoms in total. The van der Waals surface area contributed by atoms with Crippen LogP contribution in [-0.4, -0.2) is 15.1 Å². The van der Waals surface area contributed by atoms with Crippen LogP contribution < -0.4 is 15.7 Å². The second-order valence-electron chi connectivity index (χ2n) is 8.31. The summed E-state index contributed by atoms with van der Waals surface area (Å²) < 4.78 is 11.3. The molecule has 12 heteroatoms. The van der Waals surface area contributed by atoms with Gasteiger partial charge in [-0.1, -0.05) is 64.9 Å². The quantitative estimate of drug-likeness (QED) is 0.119. The fraction of sp³-hybridized carbons (Fsp3) is 0. The molecule has 1 N–H and O–H groups in total. The highest BCUT2D eigenvalue weighted by Crippen LogP contribution is 2.39. The Kier molecular flexibility index (Phi) is 6.35. The van der Waals surface area contributed by atoms with Crippen LogP contribution in [0.5, 0.6) is 11.5 Å². The van der Waals surface area contributed by atoms with Gasteiger partial charge in [-0.3, -0.25) is 10.1 Å². The first kappa shape index (κ1) is 24.8. The van der Waals surface area contributed by atoms with Gasteiger partial charge in [0.15, 0.2) is 5.01 Å². The summed E-state index contributed by atoms with van der Waals surface area (Å²) in [6.07, 6.45) is 0. The number of benzene rings is 4. The smallest absolute Gasteiger partial charge is 0.346 e. The van der Waals surface area contributed by atoms with Crippen LogP contribution in [0.2, 0.25) is 10.0 Å². The largest absolute Gasteiger partial charge is 0.454 e. The molecule has 0 saturated carbocycles. The van der Waals surface area contributed by atoms with E-state index in [1.165, 1.54) is 24.3 Å². The minimum Gasteiger partial charge on any atom is -0.454 e. The predicted octanol–water partition coefficient (Wildman–Crippen LogP) is 8.22. The highest BCUT2D eigenvalue weighted by Gasteiger charge is 2.16. The number of anilines is 2. The fourth-order valence-electron chi connectivity index (χ4n) is 3.95. The molecule has 0 saturated heterocycles. The molecule has 4 aromatic carbocycles. The molecule has 0 aliphatic rings. The number of fused-ring (bicyclic) bond motifs is 2. The number of halogens is 2. The number of nitrogens with one attached hydrogen (secondary N) is 1. The second kappa shape index (κ2) is 9.99. The second-order valence-corrected chi connectivity index (χ2v) is 10.1. The van der Waals surface area contributed by atoms with Crippen LogP contribution in [0.15, 0.2) is 88.1 Å². The van der Waals surface area contributed by atoms with E-state index < -0.39 is 10.5 Å². The SMILES string of the molecule is O=c1oc2ccc([N+](=O)[O-])cc2cc1-c1nnc(Nc2ccc(Oc3ccc4ccccc4c3Cl)c(Cl)c2)s1. The van der Waals surface area contributed by atoms with E-state index in [2.05, 4.69) is 15.5 Å². The average Bonchev–Trinajstić information content (AvgIpc) is 3.39. The Hall–Kier alpha value is -4.51. The van der Waals surface area contributed by atoms with Crippen LogP contribution in [0.3, 0.4) is 0 Å². The first-order chi connectivity index (χ1) is 18.9. The standard InChI is InChI=1S/C27H14Cl2N4O5S/c28-20-13-16(6-9-22(20)37-23-8-5-14-3-1-2-4-18(14)24(23)29)30-27-32-31-25(39-27)19-12-15-11-17(33(35)36)7-10-21(15)38-26(19)34/h1-13H,(H,30,32). The minimum absolute atomic E-state index is 0.117. The number of non-ortho nitro benzene ring substituents is 1. The molecule has 6 aromatic rings. The molecule has 0 amide bonds. The van der Waals surface area contributed by atoms with Crippen molar-refractivity contribution >= 4 is 72.8 Å². The number of nitro groups is 1. The van der Waals surface area contributed by atoms with Gasteiger partial charge in [0.2, 0.25) is 5.13 Å². The van der Waals surface area contributed by atoms with Gasteiger partial charge in [0.05, 0.1) is 20.5 Å². The third kappa shape index (κ3) is 4.88. The summed E-state index contributed by atoms with van der Waals surface area (Å²) in [5.74, 6) is 0.895. The molecular weight excluding hydrogens is 563 g/mol. The van der Waals surface area contributed by atoms with Crippen LogP contribution in [0.4, 0.5) is 16.5 Å². The molecule has 0 unspecified atom stereocenters. The monoisotopic (exact) mass is 576 g/mol. The van der Waals surface area contributed by atoms with Crippen molar-refractivity contribution in [1.29, 1.82) is 0 Å². The summed E-state index contributed by atoms with van der Waals surface area (Å²) in [6.45, 7) is 0. The lowest BCUT2D eigenvalue weighted by Crippen LogP contribution is -2.02.